The molecule has 1 heterocycles. The van der Waals surface area contributed by atoms with Crippen LogP contribution in [0.2, 0.25) is 4.34 Å². The largest absolute Gasteiger partial charge is 0.117 e. The maximum Gasteiger partial charge on any atom is 0.0940 e. The molecule has 0 fully saturated rings. The van der Waals surface area contributed by atoms with Crippen molar-refractivity contribution in [1.82, 2.24) is 0 Å². The first kappa shape index (κ1) is 10.1. The summed E-state index contributed by atoms with van der Waals surface area (Å²) in [5, 5.41) is 0. The normalized spacial score (nSPS) is 10.4. The second-order valence-corrected chi connectivity index (χ2v) is 5.82. The molecule has 0 radical (unpaired) electrons. The monoisotopic (exact) mass is 240 g/mol. The molecule has 72 valence electrons. The van der Waals surface area contributed by atoms with Crippen LogP contribution in [0.15, 0.2) is 46.7 Å². The highest BCUT2D eigenvalue weighted by Crippen LogP contribution is 2.32. The number of thioether (sulfide) groups is 1. The Morgan fingerprint density at radius 3 is 2.50 bits per heavy atom. The number of thiophene rings is 1. The number of rotatable bonds is 3. The summed E-state index contributed by atoms with van der Waals surface area (Å²) >= 11 is 9.31. The van der Waals surface area contributed by atoms with E-state index in [0.29, 0.717) is 0 Å². The van der Waals surface area contributed by atoms with E-state index in [9.17, 15) is 0 Å². The molecule has 1 aromatic carbocycles. The van der Waals surface area contributed by atoms with Crippen LogP contribution in [0, 0.1) is 0 Å². The first-order chi connectivity index (χ1) is 6.84. The Balaban J connectivity index is 1.95. The van der Waals surface area contributed by atoms with Gasteiger partial charge in [-0.2, -0.15) is 0 Å². The summed E-state index contributed by atoms with van der Waals surface area (Å²) in [5.41, 5.74) is 1.35. The van der Waals surface area contributed by atoms with Gasteiger partial charge < -0.3 is 0 Å². The highest BCUT2D eigenvalue weighted by Gasteiger charge is 1.98. The summed E-state index contributed by atoms with van der Waals surface area (Å²) in [6, 6.07) is 14.5. The van der Waals surface area contributed by atoms with Crippen LogP contribution in [-0.2, 0) is 5.75 Å². The molecule has 2 rings (SSSR count). The fraction of sp³-hybridized carbons (Fsp3) is 0.0909. The molecule has 0 saturated carbocycles. The molecule has 1 aromatic heterocycles. The summed E-state index contributed by atoms with van der Waals surface area (Å²) in [4.78, 5) is 0. The van der Waals surface area contributed by atoms with Crippen molar-refractivity contribution < 1.29 is 0 Å². The standard InChI is InChI=1S/C11H9ClS2/c12-10-6-7-11(14-10)13-8-9-4-2-1-3-5-9/h1-7H,8H2. The summed E-state index contributed by atoms with van der Waals surface area (Å²) in [7, 11) is 0. The molecule has 0 nitrogen and oxygen atoms in total. The van der Waals surface area contributed by atoms with Crippen LogP contribution in [0.3, 0.4) is 0 Å². The van der Waals surface area contributed by atoms with Gasteiger partial charge in [0.2, 0.25) is 0 Å². The molecule has 0 unspecified atom stereocenters. The summed E-state index contributed by atoms with van der Waals surface area (Å²) < 4.78 is 2.14. The summed E-state index contributed by atoms with van der Waals surface area (Å²) in [6.45, 7) is 0. The third-order valence-corrected chi connectivity index (χ3v) is 4.30. The summed E-state index contributed by atoms with van der Waals surface area (Å²) in [5.74, 6) is 1.01. The molecular formula is C11H9ClS2. The molecule has 0 aliphatic heterocycles. The zero-order valence-corrected chi connectivity index (χ0v) is 9.83. The molecule has 0 saturated heterocycles. The van der Waals surface area contributed by atoms with Crippen molar-refractivity contribution in [3.05, 3.63) is 52.4 Å². The van der Waals surface area contributed by atoms with E-state index in [1.165, 1.54) is 9.77 Å². The van der Waals surface area contributed by atoms with E-state index in [1.54, 1.807) is 11.3 Å². The number of hydrogen-bond donors (Lipinski definition) is 0. The molecule has 0 bridgehead atoms. The second kappa shape index (κ2) is 4.87. The van der Waals surface area contributed by atoms with E-state index in [2.05, 4.69) is 30.3 Å². The average molecular weight is 241 g/mol. The number of benzene rings is 1. The van der Waals surface area contributed by atoms with Crippen LogP contribution in [0.4, 0.5) is 0 Å². The van der Waals surface area contributed by atoms with Crippen molar-refractivity contribution in [3.63, 3.8) is 0 Å². The molecule has 3 heteroatoms. The maximum absolute atomic E-state index is 5.85. The molecule has 0 N–H and O–H groups in total. The number of halogens is 1. The van der Waals surface area contributed by atoms with E-state index in [0.717, 1.165) is 10.1 Å². The van der Waals surface area contributed by atoms with Gasteiger partial charge in [0, 0.05) is 5.75 Å². The van der Waals surface area contributed by atoms with Crippen LogP contribution in [0.5, 0.6) is 0 Å². The van der Waals surface area contributed by atoms with Crippen molar-refractivity contribution in [2.45, 2.75) is 9.96 Å². The minimum Gasteiger partial charge on any atom is -0.117 e. The predicted octanol–water partition coefficient (Wildman–Crippen LogP) is 4.69. The number of hydrogen-bond acceptors (Lipinski definition) is 2. The van der Waals surface area contributed by atoms with E-state index < -0.39 is 0 Å². The van der Waals surface area contributed by atoms with Crippen LogP contribution in [0.25, 0.3) is 0 Å². The van der Waals surface area contributed by atoms with E-state index in [4.69, 9.17) is 11.6 Å². The van der Waals surface area contributed by atoms with Crippen LogP contribution in [-0.4, -0.2) is 0 Å². The Hall–Kier alpha value is -0.440. The van der Waals surface area contributed by atoms with Gasteiger partial charge in [0.05, 0.1) is 8.55 Å². The van der Waals surface area contributed by atoms with Gasteiger partial charge in [0.15, 0.2) is 0 Å². The van der Waals surface area contributed by atoms with Gasteiger partial charge in [-0.1, -0.05) is 41.9 Å². The van der Waals surface area contributed by atoms with Gasteiger partial charge >= 0.3 is 0 Å². The Morgan fingerprint density at radius 2 is 1.86 bits per heavy atom. The Kier molecular flexibility index (Phi) is 3.51. The highest BCUT2D eigenvalue weighted by molar-refractivity contribution is 8.00. The lowest BCUT2D eigenvalue weighted by Crippen LogP contribution is -1.76. The third kappa shape index (κ3) is 2.77. The van der Waals surface area contributed by atoms with Crippen molar-refractivity contribution in [2.75, 3.05) is 0 Å². The van der Waals surface area contributed by atoms with Crippen LogP contribution < -0.4 is 0 Å². The highest BCUT2D eigenvalue weighted by atomic mass is 35.5. The summed E-state index contributed by atoms with van der Waals surface area (Å²) in [6.07, 6.45) is 0. The van der Waals surface area contributed by atoms with Crippen molar-refractivity contribution in [1.29, 1.82) is 0 Å². The maximum atomic E-state index is 5.85. The SMILES string of the molecule is Clc1ccc(SCc2ccccc2)s1. The zero-order valence-electron chi connectivity index (χ0n) is 7.44. The lowest BCUT2D eigenvalue weighted by atomic mass is 10.2. The van der Waals surface area contributed by atoms with Crippen LogP contribution in [0.1, 0.15) is 5.56 Å². The lowest BCUT2D eigenvalue weighted by molar-refractivity contribution is 1.41. The van der Waals surface area contributed by atoms with Gasteiger partial charge in [0.1, 0.15) is 0 Å². The van der Waals surface area contributed by atoms with Gasteiger partial charge in [-0.05, 0) is 17.7 Å². The molecular weight excluding hydrogens is 232 g/mol. The average Bonchev–Trinajstić information content (AvgIpc) is 2.63. The first-order valence-electron chi connectivity index (χ1n) is 4.26. The first-order valence-corrected chi connectivity index (χ1v) is 6.45. The van der Waals surface area contributed by atoms with Crippen molar-refractivity contribution in [3.8, 4) is 0 Å². The van der Waals surface area contributed by atoms with Gasteiger partial charge in [-0.3, -0.25) is 0 Å². The molecule has 0 amide bonds. The third-order valence-electron chi connectivity index (χ3n) is 1.77. The Bertz CT molecular complexity index is 395. The van der Waals surface area contributed by atoms with E-state index in [-0.39, 0.29) is 0 Å². The quantitative estimate of drug-likeness (QED) is 0.702. The van der Waals surface area contributed by atoms with Crippen molar-refractivity contribution >= 4 is 34.7 Å². The fourth-order valence-electron chi connectivity index (χ4n) is 1.10. The molecule has 0 atom stereocenters. The molecule has 0 spiro atoms. The Morgan fingerprint density at radius 1 is 1.07 bits per heavy atom. The topological polar surface area (TPSA) is 0 Å². The van der Waals surface area contributed by atoms with E-state index >= 15 is 0 Å². The van der Waals surface area contributed by atoms with Gasteiger partial charge in [-0.15, -0.1) is 23.1 Å². The zero-order chi connectivity index (χ0) is 9.80. The minimum atomic E-state index is 0.862. The predicted molar refractivity (Wildman–Crippen MR) is 65.3 cm³/mol. The smallest absolute Gasteiger partial charge is 0.0940 e. The van der Waals surface area contributed by atoms with Gasteiger partial charge in [0.25, 0.3) is 0 Å². The minimum absolute atomic E-state index is 0.862. The van der Waals surface area contributed by atoms with Gasteiger partial charge in [-0.25, -0.2) is 0 Å². The van der Waals surface area contributed by atoms with Crippen molar-refractivity contribution in [2.24, 2.45) is 0 Å². The molecule has 14 heavy (non-hydrogen) atoms. The lowest BCUT2D eigenvalue weighted by Gasteiger charge is -1.97. The molecule has 0 aliphatic rings. The molecule has 0 aliphatic carbocycles. The Labute approximate surface area is 96.9 Å². The van der Waals surface area contributed by atoms with E-state index in [1.807, 2.05) is 23.9 Å². The molecule has 2 aromatic rings. The fourth-order valence-corrected chi connectivity index (χ4v) is 3.37. The second-order valence-electron chi connectivity index (χ2n) is 2.83. The van der Waals surface area contributed by atoms with Crippen LogP contribution >= 0.6 is 34.7 Å².